The van der Waals surface area contributed by atoms with E-state index < -0.39 is 0 Å². The van der Waals surface area contributed by atoms with Crippen molar-refractivity contribution >= 4 is 5.91 Å². The summed E-state index contributed by atoms with van der Waals surface area (Å²) < 4.78 is 10.1. The predicted molar refractivity (Wildman–Crippen MR) is 64.7 cm³/mol. The number of rotatable bonds is 6. The fraction of sp³-hybridized carbons (Fsp3) is 0.909. The summed E-state index contributed by atoms with van der Waals surface area (Å²) in [5.74, 6) is 0.0182. The predicted octanol–water partition coefficient (Wildman–Crippen LogP) is -1.25. The molecule has 0 aromatic heterocycles. The maximum absolute atomic E-state index is 11.9. The molecule has 1 heterocycles. The molecule has 1 rings (SSSR count). The molecule has 1 atom stereocenters. The van der Waals surface area contributed by atoms with Gasteiger partial charge in [-0.05, 0) is 7.05 Å². The monoisotopic (exact) mass is 245 g/mol. The first-order chi connectivity index (χ1) is 8.19. The Bertz CT molecular complexity index is 238. The number of methoxy groups -OCH3 is 1. The van der Waals surface area contributed by atoms with Crippen molar-refractivity contribution in [2.75, 3.05) is 60.2 Å². The van der Waals surface area contributed by atoms with E-state index >= 15 is 0 Å². The van der Waals surface area contributed by atoms with Crippen LogP contribution in [0.25, 0.3) is 0 Å². The van der Waals surface area contributed by atoms with Gasteiger partial charge in [0.1, 0.15) is 6.61 Å². The first-order valence-electron chi connectivity index (χ1n) is 5.93. The lowest BCUT2D eigenvalue weighted by Crippen LogP contribution is -2.57. The topological polar surface area (TPSA) is 68.0 Å². The van der Waals surface area contributed by atoms with Gasteiger partial charge in [-0.15, -0.1) is 0 Å². The van der Waals surface area contributed by atoms with E-state index in [1.54, 1.807) is 7.11 Å². The Kier molecular flexibility index (Phi) is 6.43. The van der Waals surface area contributed by atoms with Crippen molar-refractivity contribution in [3.05, 3.63) is 0 Å². The summed E-state index contributed by atoms with van der Waals surface area (Å²) in [4.78, 5) is 15.9. The van der Waals surface area contributed by atoms with E-state index in [1.807, 2.05) is 11.9 Å². The Balaban J connectivity index is 2.33. The van der Waals surface area contributed by atoms with Gasteiger partial charge in [0.15, 0.2) is 0 Å². The molecule has 0 saturated carbocycles. The minimum atomic E-state index is 0.0182. The summed E-state index contributed by atoms with van der Waals surface area (Å²) in [5.41, 5.74) is 5.69. The molecule has 0 aromatic rings. The van der Waals surface area contributed by atoms with Crippen molar-refractivity contribution in [2.24, 2.45) is 5.73 Å². The molecule has 1 saturated heterocycles. The van der Waals surface area contributed by atoms with Crippen molar-refractivity contribution in [1.82, 2.24) is 9.80 Å². The highest BCUT2D eigenvalue weighted by Crippen LogP contribution is 2.07. The Morgan fingerprint density at radius 1 is 1.41 bits per heavy atom. The van der Waals surface area contributed by atoms with Crippen LogP contribution in [0.5, 0.6) is 0 Å². The van der Waals surface area contributed by atoms with Crippen LogP contribution in [0.3, 0.4) is 0 Å². The highest BCUT2D eigenvalue weighted by atomic mass is 16.5. The van der Waals surface area contributed by atoms with Crippen LogP contribution in [-0.2, 0) is 14.3 Å². The summed E-state index contributed by atoms with van der Waals surface area (Å²) in [7, 11) is 3.65. The Hall–Kier alpha value is -0.690. The number of likely N-dealkylation sites (N-methyl/N-ethyl adjacent to an activating group) is 1. The van der Waals surface area contributed by atoms with Gasteiger partial charge in [0, 0.05) is 33.3 Å². The number of ether oxygens (including phenoxy) is 2. The van der Waals surface area contributed by atoms with Crippen molar-refractivity contribution in [3.8, 4) is 0 Å². The van der Waals surface area contributed by atoms with Crippen LogP contribution < -0.4 is 5.73 Å². The summed E-state index contributed by atoms with van der Waals surface area (Å²) in [6.45, 7) is 4.02. The third-order valence-electron chi connectivity index (χ3n) is 2.94. The minimum Gasteiger partial charge on any atom is -0.382 e. The van der Waals surface area contributed by atoms with Gasteiger partial charge < -0.3 is 25.0 Å². The molecule has 0 spiro atoms. The van der Waals surface area contributed by atoms with Crippen molar-refractivity contribution in [3.63, 3.8) is 0 Å². The largest absolute Gasteiger partial charge is 0.382 e. The van der Waals surface area contributed by atoms with Gasteiger partial charge in [-0.3, -0.25) is 4.79 Å². The van der Waals surface area contributed by atoms with Crippen LogP contribution in [0.4, 0.5) is 0 Å². The molecule has 0 radical (unpaired) electrons. The highest BCUT2D eigenvalue weighted by molar-refractivity contribution is 5.78. The molecule has 1 aliphatic heterocycles. The van der Waals surface area contributed by atoms with Crippen LogP contribution in [0.15, 0.2) is 0 Å². The van der Waals surface area contributed by atoms with Gasteiger partial charge in [0.2, 0.25) is 5.91 Å². The lowest BCUT2D eigenvalue weighted by atomic mass is 10.1. The quantitative estimate of drug-likeness (QED) is 0.592. The number of carbonyl (C=O) groups is 1. The van der Waals surface area contributed by atoms with Crippen molar-refractivity contribution < 1.29 is 14.3 Å². The molecule has 1 unspecified atom stereocenters. The van der Waals surface area contributed by atoms with Crippen LogP contribution in [0, 0.1) is 0 Å². The van der Waals surface area contributed by atoms with E-state index in [-0.39, 0.29) is 18.6 Å². The average Bonchev–Trinajstić information content (AvgIpc) is 2.34. The third-order valence-corrected chi connectivity index (χ3v) is 2.94. The van der Waals surface area contributed by atoms with E-state index in [4.69, 9.17) is 15.2 Å². The van der Waals surface area contributed by atoms with Crippen LogP contribution in [-0.4, -0.2) is 81.9 Å². The van der Waals surface area contributed by atoms with Gasteiger partial charge in [-0.25, -0.2) is 0 Å². The van der Waals surface area contributed by atoms with E-state index in [0.717, 1.165) is 19.6 Å². The van der Waals surface area contributed by atoms with E-state index in [9.17, 15) is 4.79 Å². The summed E-state index contributed by atoms with van der Waals surface area (Å²) >= 11 is 0. The van der Waals surface area contributed by atoms with E-state index in [0.29, 0.717) is 19.8 Å². The summed E-state index contributed by atoms with van der Waals surface area (Å²) in [6, 6.07) is 0.104. The number of hydrogen-bond donors (Lipinski definition) is 1. The zero-order valence-electron chi connectivity index (χ0n) is 10.7. The Labute approximate surface area is 103 Å². The lowest BCUT2D eigenvalue weighted by Gasteiger charge is -2.39. The number of piperazine rings is 1. The molecule has 1 aliphatic rings. The summed E-state index contributed by atoms with van der Waals surface area (Å²) in [5, 5.41) is 0. The third kappa shape index (κ3) is 4.59. The second kappa shape index (κ2) is 7.60. The molecule has 0 aromatic carbocycles. The molecule has 1 fully saturated rings. The van der Waals surface area contributed by atoms with Gasteiger partial charge in [-0.1, -0.05) is 0 Å². The SMILES string of the molecule is COCCOCC(=O)N1CCN(C)CC1CN. The maximum atomic E-state index is 11.9. The van der Waals surface area contributed by atoms with Gasteiger partial charge in [0.25, 0.3) is 0 Å². The minimum absolute atomic E-state index is 0.0182. The van der Waals surface area contributed by atoms with Gasteiger partial charge in [-0.2, -0.15) is 0 Å². The van der Waals surface area contributed by atoms with Crippen molar-refractivity contribution in [1.29, 1.82) is 0 Å². The standard InChI is InChI=1S/C11H23N3O3/c1-13-3-4-14(10(7-12)8-13)11(15)9-17-6-5-16-2/h10H,3-9,12H2,1-2H3. The molecule has 0 bridgehead atoms. The Morgan fingerprint density at radius 3 is 2.82 bits per heavy atom. The maximum Gasteiger partial charge on any atom is 0.248 e. The number of nitrogens with two attached hydrogens (primary N) is 1. The van der Waals surface area contributed by atoms with Crippen LogP contribution in [0.2, 0.25) is 0 Å². The number of carbonyl (C=O) groups excluding carboxylic acids is 1. The molecule has 1 amide bonds. The normalized spacial score (nSPS) is 21.8. The van der Waals surface area contributed by atoms with Crippen LogP contribution >= 0.6 is 0 Å². The van der Waals surface area contributed by atoms with E-state index in [2.05, 4.69) is 4.90 Å². The molecule has 6 heteroatoms. The molecule has 17 heavy (non-hydrogen) atoms. The smallest absolute Gasteiger partial charge is 0.248 e. The molecule has 2 N–H and O–H groups in total. The molecule has 100 valence electrons. The fourth-order valence-corrected chi connectivity index (χ4v) is 1.93. The first kappa shape index (κ1) is 14.4. The van der Waals surface area contributed by atoms with Gasteiger partial charge >= 0.3 is 0 Å². The zero-order chi connectivity index (χ0) is 12.7. The molecule has 0 aliphatic carbocycles. The Morgan fingerprint density at radius 2 is 2.18 bits per heavy atom. The lowest BCUT2D eigenvalue weighted by molar-refractivity contribution is -0.141. The van der Waals surface area contributed by atoms with E-state index in [1.165, 1.54) is 0 Å². The molecular weight excluding hydrogens is 222 g/mol. The fourth-order valence-electron chi connectivity index (χ4n) is 1.93. The van der Waals surface area contributed by atoms with Crippen LogP contribution in [0.1, 0.15) is 0 Å². The number of nitrogens with zero attached hydrogens (tertiary/aromatic N) is 2. The zero-order valence-corrected chi connectivity index (χ0v) is 10.7. The summed E-state index contributed by atoms with van der Waals surface area (Å²) in [6.07, 6.45) is 0. The molecule has 6 nitrogen and oxygen atoms in total. The number of hydrogen-bond acceptors (Lipinski definition) is 5. The second-order valence-electron chi connectivity index (χ2n) is 4.28. The first-order valence-corrected chi connectivity index (χ1v) is 5.93. The second-order valence-corrected chi connectivity index (χ2v) is 4.28. The highest BCUT2D eigenvalue weighted by Gasteiger charge is 2.27. The average molecular weight is 245 g/mol. The van der Waals surface area contributed by atoms with Crippen molar-refractivity contribution in [2.45, 2.75) is 6.04 Å². The van der Waals surface area contributed by atoms with Gasteiger partial charge in [0.05, 0.1) is 19.3 Å². The number of amides is 1. The molecular formula is C11H23N3O3.